The molecule has 6 nitrogen and oxygen atoms in total. The van der Waals surface area contributed by atoms with Crippen LogP contribution in [0.2, 0.25) is 0 Å². The summed E-state index contributed by atoms with van der Waals surface area (Å²) in [6, 6.07) is 17.5. The Morgan fingerprint density at radius 2 is 0.627 bits per heavy atom. The molecular formula is C53H72O6. The lowest BCUT2D eigenvalue weighted by Crippen LogP contribution is -2.17. The quantitative estimate of drug-likeness (QED) is 0.128. The Hall–Kier alpha value is -4.45. The topological polar surface area (TPSA) is 74.2 Å². The van der Waals surface area contributed by atoms with Crippen LogP contribution >= 0.6 is 0 Å². The summed E-state index contributed by atoms with van der Waals surface area (Å²) in [5.74, 6) is 2.43. The van der Waals surface area contributed by atoms with Gasteiger partial charge in [0, 0.05) is 25.7 Å². The Kier molecular flexibility index (Phi) is 14.6. The highest BCUT2D eigenvalue weighted by Gasteiger charge is 2.29. The van der Waals surface area contributed by atoms with Crippen LogP contribution in [-0.4, -0.2) is 37.5 Å². The zero-order valence-corrected chi connectivity index (χ0v) is 38.6. The molecule has 0 heterocycles. The maximum atomic E-state index is 13.0. The lowest BCUT2D eigenvalue weighted by Gasteiger charge is -2.28. The first-order valence-electron chi connectivity index (χ1n) is 22.2. The summed E-state index contributed by atoms with van der Waals surface area (Å²) >= 11 is 0. The van der Waals surface area contributed by atoms with Crippen LogP contribution in [0.4, 0.5) is 0 Å². The average molecular weight is 805 g/mol. The number of rotatable bonds is 13. The summed E-state index contributed by atoms with van der Waals surface area (Å²) < 4.78 is 27.2. The van der Waals surface area contributed by atoms with Gasteiger partial charge in [0.05, 0.1) is 32.0 Å². The van der Waals surface area contributed by atoms with Gasteiger partial charge in [-0.15, -0.1) is 0 Å². The van der Waals surface area contributed by atoms with Crippen molar-refractivity contribution in [1.82, 2.24) is 0 Å². The van der Waals surface area contributed by atoms with Crippen molar-refractivity contribution in [2.24, 2.45) is 0 Å². The van der Waals surface area contributed by atoms with Crippen LogP contribution < -0.4 is 18.9 Å². The van der Waals surface area contributed by atoms with Crippen LogP contribution in [0, 0.1) is 0 Å². The van der Waals surface area contributed by atoms with Gasteiger partial charge < -0.3 is 24.1 Å². The van der Waals surface area contributed by atoms with Crippen LogP contribution in [0.3, 0.4) is 0 Å². The molecule has 0 radical (unpaired) electrons. The molecule has 0 aliphatic heterocycles. The van der Waals surface area contributed by atoms with Gasteiger partial charge in [0.15, 0.2) is 0 Å². The van der Waals surface area contributed by atoms with E-state index in [0.29, 0.717) is 52.1 Å². The third-order valence-electron chi connectivity index (χ3n) is 11.1. The van der Waals surface area contributed by atoms with Crippen molar-refractivity contribution in [3.05, 3.63) is 115 Å². The predicted molar refractivity (Wildman–Crippen MR) is 243 cm³/mol. The van der Waals surface area contributed by atoms with E-state index in [0.717, 1.165) is 93.2 Å². The van der Waals surface area contributed by atoms with E-state index in [1.165, 1.54) is 16.7 Å². The fourth-order valence-corrected chi connectivity index (χ4v) is 7.87. The highest BCUT2D eigenvalue weighted by Crippen LogP contribution is 2.44. The summed E-state index contributed by atoms with van der Waals surface area (Å²) in [6.07, 6.45) is 5.53. The molecule has 0 unspecified atom stereocenters. The standard InChI is InChI=1S/C53H72O6/c1-14-18-56-46-34-22-36-28-43(51(5,6)7)30-38(47(36)57-19-15-2)24-40-32-45(53(11,12)13)33-41(49(40)59-21-17-4)25-39-31-44(52(8,9)10)29-37(48(39)58-20-16-3)23-35(46)27-42(26-34)50(54)55/h26-33H,14-25H2,1-13H3,(H,54,55). The largest absolute Gasteiger partial charge is 0.493 e. The number of carboxylic acids is 1. The zero-order chi connectivity index (χ0) is 43.3. The van der Waals surface area contributed by atoms with E-state index in [1.807, 2.05) is 12.1 Å². The molecule has 5 rings (SSSR count). The molecule has 0 saturated heterocycles. The van der Waals surface area contributed by atoms with Crippen molar-refractivity contribution in [2.75, 3.05) is 26.4 Å². The summed E-state index contributed by atoms with van der Waals surface area (Å²) in [5, 5.41) is 10.6. The number of carboxylic acid groups (broad SMARTS) is 1. The third kappa shape index (κ3) is 11.0. The first-order chi connectivity index (χ1) is 27.8. The Bertz CT molecular complexity index is 1980. The molecule has 0 amide bonds. The zero-order valence-electron chi connectivity index (χ0n) is 38.6. The van der Waals surface area contributed by atoms with Crippen molar-refractivity contribution >= 4 is 5.97 Å². The predicted octanol–water partition coefficient (Wildman–Crippen LogP) is 13.1. The molecule has 6 heteroatoms. The second kappa shape index (κ2) is 18.9. The Balaban J connectivity index is 2.00. The van der Waals surface area contributed by atoms with Crippen molar-refractivity contribution in [3.63, 3.8) is 0 Å². The smallest absolute Gasteiger partial charge is 0.335 e. The van der Waals surface area contributed by atoms with Gasteiger partial charge in [0.2, 0.25) is 0 Å². The number of carbonyl (C=O) groups is 1. The molecule has 0 aromatic heterocycles. The molecule has 1 N–H and O–H groups in total. The summed E-state index contributed by atoms with van der Waals surface area (Å²) in [6.45, 7) is 31.1. The van der Waals surface area contributed by atoms with E-state index in [-0.39, 0.29) is 21.8 Å². The minimum absolute atomic E-state index is 0.118. The second-order valence-corrected chi connectivity index (χ2v) is 19.7. The number of hydrogen-bond acceptors (Lipinski definition) is 5. The highest BCUT2D eigenvalue weighted by atomic mass is 16.5. The van der Waals surface area contributed by atoms with E-state index in [2.05, 4.69) is 126 Å². The summed E-state index contributed by atoms with van der Waals surface area (Å²) in [4.78, 5) is 13.0. The second-order valence-electron chi connectivity index (χ2n) is 19.7. The van der Waals surface area contributed by atoms with Crippen LogP contribution in [0.15, 0.2) is 48.5 Å². The number of benzene rings is 4. The summed E-state index contributed by atoms with van der Waals surface area (Å²) in [7, 11) is 0. The summed E-state index contributed by atoms with van der Waals surface area (Å²) in [5.41, 5.74) is 11.6. The normalized spacial score (nSPS) is 13.2. The number of hydrogen-bond donors (Lipinski definition) is 1. The van der Waals surface area contributed by atoms with Crippen molar-refractivity contribution in [2.45, 2.75) is 158 Å². The molecule has 1 aliphatic carbocycles. The maximum absolute atomic E-state index is 13.0. The van der Waals surface area contributed by atoms with E-state index >= 15 is 0 Å². The van der Waals surface area contributed by atoms with Crippen LogP contribution in [0.1, 0.15) is 187 Å². The molecule has 0 atom stereocenters. The molecule has 0 fully saturated rings. The first kappa shape index (κ1) is 45.6. The minimum Gasteiger partial charge on any atom is -0.493 e. The molecule has 320 valence electrons. The molecule has 4 aromatic carbocycles. The van der Waals surface area contributed by atoms with E-state index in [1.54, 1.807) is 0 Å². The lowest BCUT2D eigenvalue weighted by atomic mass is 9.80. The van der Waals surface area contributed by atoms with Crippen molar-refractivity contribution < 1.29 is 28.8 Å². The van der Waals surface area contributed by atoms with Crippen LogP contribution in [-0.2, 0) is 41.9 Å². The Morgan fingerprint density at radius 3 is 0.797 bits per heavy atom. The van der Waals surface area contributed by atoms with Crippen LogP contribution in [0.5, 0.6) is 23.0 Å². The molecule has 8 bridgehead atoms. The van der Waals surface area contributed by atoms with Gasteiger partial charge in [0.25, 0.3) is 0 Å². The number of ether oxygens (including phenoxy) is 4. The van der Waals surface area contributed by atoms with Gasteiger partial charge >= 0.3 is 5.97 Å². The van der Waals surface area contributed by atoms with Gasteiger partial charge in [-0.05, 0) is 115 Å². The SMILES string of the molecule is CCCOc1c2cc(C(=O)O)cc1Cc1cc(C(C)(C)C)cc(c1OCCC)Cc1cc(C(C)(C)C)cc(c1OCCC)Cc1cc(C(C)(C)C)cc(c1OCCC)C2. The monoisotopic (exact) mass is 805 g/mol. The van der Waals surface area contributed by atoms with Gasteiger partial charge in [-0.3, -0.25) is 0 Å². The fraction of sp³-hybridized carbons (Fsp3) is 0.528. The fourth-order valence-electron chi connectivity index (χ4n) is 7.87. The van der Waals surface area contributed by atoms with Gasteiger partial charge in [-0.2, -0.15) is 0 Å². The first-order valence-corrected chi connectivity index (χ1v) is 22.2. The van der Waals surface area contributed by atoms with E-state index in [9.17, 15) is 9.90 Å². The van der Waals surface area contributed by atoms with Crippen molar-refractivity contribution in [3.8, 4) is 23.0 Å². The maximum Gasteiger partial charge on any atom is 0.335 e. The lowest BCUT2D eigenvalue weighted by molar-refractivity contribution is 0.0696. The van der Waals surface area contributed by atoms with Crippen molar-refractivity contribution in [1.29, 1.82) is 0 Å². The van der Waals surface area contributed by atoms with Gasteiger partial charge in [-0.1, -0.05) is 126 Å². The molecule has 1 aliphatic rings. The van der Waals surface area contributed by atoms with E-state index in [4.69, 9.17) is 18.9 Å². The molecule has 4 aromatic rings. The Labute approximate surface area is 356 Å². The number of aromatic carboxylic acids is 1. The molecule has 0 saturated carbocycles. The van der Waals surface area contributed by atoms with E-state index < -0.39 is 5.97 Å². The highest BCUT2D eigenvalue weighted by molar-refractivity contribution is 5.88. The molecular weight excluding hydrogens is 733 g/mol. The Morgan fingerprint density at radius 1 is 0.424 bits per heavy atom. The molecule has 59 heavy (non-hydrogen) atoms. The number of fused-ring (bicyclic) bond motifs is 8. The third-order valence-corrected chi connectivity index (χ3v) is 11.1. The van der Waals surface area contributed by atoms with Crippen LogP contribution in [0.25, 0.3) is 0 Å². The van der Waals surface area contributed by atoms with Gasteiger partial charge in [0.1, 0.15) is 23.0 Å². The molecule has 0 spiro atoms. The van der Waals surface area contributed by atoms with Gasteiger partial charge in [-0.25, -0.2) is 4.79 Å². The average Bonchev–Trinajstić information content (AvgIpc) is 3.14. The minimum atomic E-state index is -0.963.